The number of piperidine rings is 1. The van der Waals surface area contributed by atoms with Gasteiger partial charge in [-0.1, -0.05) is 30.1 Å². The maximum Gasteiger partial charge on any atom is 0.241 e. The van der Waals surface area contributed by atoms with Crippen LogP contribution in [0.1, 0.15) is 19.8 Å². The molecule has 0 aliphatic carbocycles. The Morgan fingerprint density at radius 2 is 2.26 bits per heavy atom. The first-order valence-corrected chi connectivity index (χ1v) is 7.28. The lowest BCUT2D eigenvalue weighted by atomic mass is 10.0. The number of nitrogens with one attached hydrogen (secondary N) is 1. The van der Waals surface area contributed by atoms with Crippen molar-refractivity contribution in [3.63, 3.8) is 0 Å². The number of carbonyl (C=O) groups is 1. The molecule has 2 rings (SSSR count). The van der Waals surface area contributed by atoms with Gasteiger partial charge in [0, 0.05) is 18.1 Å². The van der Waals surface area contributed by atoms with Gasteiger partial charge in [0.25, 0.3) is 0 Å². The second kappa shape index (κ2) is 6.49. The minimum Gasteiger partial charge on any atom is -0.375 e. The number of halogens is 2. The Kier molecular flexibility index (Phi) is 4.94. The van der Waals surface area contributed by atoms with Crippen molar-refractivity contribution in [2.75, 3.05) is 25.0 Å². The maximum atomic E-state index is 12.1. The molecule has 1 fully saturated rings. The van der Waals surface area contributed by atoms with Crippen LogP contribution in [0.2, 0.25) is 10.0 Å². The van der Waals surface area contributed by atoms with Crippen LogP contribution >= 0.6 is 23.2 Å². The number of nitrogens with zero attached hydrogens (tertiary/aromatic N) is 1. The van der Waals surface area contributed by atoms with Crippen molar-refractivity contribution in [1.29, 1.82) is 0 Å². The Morgan fingerprint density at radius 1 is 1.47 bits per heavy atom. The van der Waals surface area contributed by atoms with Crippen molar-refractivity contribution < 1.29 is 4.79 Å². The zero-order chi connectivity index (χ0) is 13.8. The quantitative estimate of drug-likeness (QED) is 0.924. The van der Waals surface area contributed by atoms with Gasteiger partial charge in [-0.05, 0) is 37.0 Å². The number of anilines is 1. The molecule has 1 N–H and O–H groups in total. The zero-order valence-corrected chi connectivity index (χ0v) is 12.5. The topological polar surface area (TPSA) is 32.3 Å². The van der Waals surface area contributed by atoms with Crippen molar-refractivity contribution in [3.05, 3.63) is 28.2 Å². The van der Waals surface area contributed by atoms with Crippen molar-refractivity contribution in [2.45, 2.75) is 19.8 Å². The Morgan fingerprint density at radius 3 is 3.00 bits per heavy atom. The van der Waals surface area contributed by atoms with Crippen LogP contribution in [-0.2, 0) is 4.79 Å². The van der Waals surface area contributed by atoms with E-state index in [0.29, 0.717) is 21.7 Å². The smallest absolute Gasteiger partial charge is 0.241 e. The van der Waals surface area contributed by atoms with Crippen LogP contribution in [0.4, 0.5) is 5.69 Å². The molecule has 1 heterocycles. The van der Waals surface area contributed by atoms with Gasteiger partial charge in [-0.3, -0.25) is 4.79 Å². The Bertz CT molecular complexity index is 465. The van der Waals surface area contributed by atoms with E-state index in [1.165, 1.54) is 6.42 Å². The average molecular weight is 301 g/mol. The summed E-state index contributed by atoms with van der Waals surface area (Å²) in [6.45, 7) is 4.14. The highest BCUT2D eigenvalue weighted by Gasteiger charge is 2.20. The van der Waals surface area contributed by atoms with Gasteiger partial charge >= 0.3 is 0 Å². The summed E-state index contributed by atoms with van der Waals surface area (Å²) in [7, 11) is 0. The van der Waals surface area contributed by atoms with Gasteiger partial charge in [-0.15, -0.1) is 0 Å². The van der Waals surface area contributed by atoms with E-state index in [9.17, 15) is 4.79 Å². The number of benzene rings is 1. The van der Waals surface area contributed by atoms with Crippen LogP contribution in [0, 0.1) is 5.92 Å². The summed E-state index contributed by atoms with van der Waals surface area (Å²) in [5.74, 6) is 0.704. The van der Waals surface area contributed by atoms with Gasteiger partial charge in [-0.2, -0.15) is 0 Å². The fourth-order valence-corrected chi connectivity index (χ4v) is 2.69. The highest BCUT2D eigenvalue weighted by Crippen LogP contribution is 2.25. The fourth-order valence-electron chi connectivity index (χ4n) is 2.33. The maximum absolute atomic E-state index is 12.1. The van der Waals surface area contributed by atoms with E-state index in [1.54, 1.807) is 18.2 Å². The van der Waals surface area contributed by atoms with Gasteiger partial charge in [0.2, 0.25) is 5.91 Å². The molecule has 1 atom stereocenters. The molecular weight excluding hydrogens is 283 g/mol. The molecule has 1 unspecified atom stereocenters. The number of hydrogen-bond acceptors (Lipinski definition) is 2. The SMILES string of the molecule is CC1CCCN(C(=O)CNc2cc(Cl)ccc2Cl)C1. The van der Waals surface area contributed by atoms with Crippen LogP contribution in [0.15, 0.2) is 18.2 Å². The fraction of sp³-hybridized carbons (Fsp3) is 0.500. The molecule has 1 aliphatic heterocycles. The summed E-state index contributed by atoms with van der Waals surface area (Å²) in [5.41, 5.74) is 0.701. The predicted octanol–water partition coefficient (Wildman–Crippen LogP) is 3.66. The Balaban J connectivity index is 1.91. The van der Waals surface area contributed by atoms with Crippen molar-refractivity contribution in [1.82, 2.24) is 4.90 Å². The molecule has 0 spiro atoms. The lowest BCUT2D eigenvalue weighted by Crippen LogP contribution is -2.41. The third-order valence-corrected chi connectivity index (χ3v) is 3.93. The Labute approximate surface area is 123 Å². The van der Waals surface area contributed by atoms with Gasteiger partial charge < -0.3 is 10.2 Å². The summed E-state index contributed by atoms with van der Waals surface area (Å²) < 4.78 is 0. The third kappa shape index (κ3) is 4.02. The van der Waals surface area contributed by atoms with Gasteiger partial charge in [0.05, 0.1) is 17.3 Å². The van der Waals surface area contributed by atoms with Crippen LogP contribution in [-0.4, -0.2) is 30.4 Å². The molecule has 0 aromatic heterocycles. The molecule has 5 heteroatoms. The van der Waals surface area contributed by atoms with E-state index < -0.39 is 0 Å². The minimum absolute atomic E-state index is 0.114. The summed E-state index contributed by atoms with van der Waals surface area (Å²) in [6.07, 6.45) is 2.29. The predicted molar refractivity (Wildman–Crippen MR) is 79.9 cm³/mol. The van der Waals surface area contributed by atoms with Crippen molar-refractivity contribution in [2.24, 2.45) is 5.92 Å². The molecule has 104 valence electrons. The molecule has 1 aromatic carbocycles. The second-order valence-corrected chi connectivity index (χ2v) is 5.91. The van der Waals surface area contributed by atoms with Crippen molar-refractivity contribution >= 4 is 34.8 Å². The molecule has 0 radical (unpaired) electrons. The first kappa shape index (κ1) is 14.5. The molecule has 0 saturated carbocycles. The largest absolute Gasteiger partial charge is 0.375 e. The van der Waals surface area contributed by atoms with Crippen LogP contribution < -0.4 is 5.32 Å². The van der Waals surface area contributed by atoms with Crippen LogP contribution in [0.25, 0.3) is 0 Å². The van der Waals surface area contributed by atoms with E-state index in [1.807, 2.05) is 4.90 Å². The van der Waals surface area contributed by atoms with Gasteiger partial charge in [0.1, 0.15) is 0 Å². The number of likely N-dealkylation sites (tertiary alicyclic amines) is 1. The number of rotatable bonds is 3. The van der Waals surface area contributed by atoms with E-state index in [-0.39, 0.29) is 12.5 Å². The van der Waals surface area contributed by atoms with E-state index >= 15 is 0 Å². The molecule has 1 amide bonds. The van der Waals surface area contributed by atoms with Gasteiger partial charge in [0.15, 0.2) is 0 Å². The van der Waals surface area contributed by atoms with E-state index in [4.69, 9.17) is 23.2 Å². The Hall–Kier alpha value is -0.930. The van der Waals surface area contributed by atoms with E-state index in [0.717, 1.165) is 19.5 Å². The van der Waals surface area contributed by atoms with Crippen LogP contribution in [0.5, 0.6) is 0 Å². The summed E-state index contributed by atoms with van der Waals surface area (Å²) in [6, 6.07) is 5.18. The standard InChI is InChI=1S/C14H18Cl2N2O/c1-10-3-2-6-18(9-10)14(19)8-17-13-7-11(15)4-5-12(13)16/h4-5,7,10,17H,2-3,6,8-9H2,1H3. The molecule has 19 heavy (non-hydrogen) atoms. The monoisotopic (exact) mass is 300 g/mol. The highest BCUT2D eigenvalue weighted by molar-refractivity contribution is 6.35. The second-order valence-electron chi connectivity index (χ2n) is 5.06. The molecular formula is C14H18Cl2N2O. The molecule has 1 aliphatic rings. The first-order chi connectivity index (χ1) is 9.06. The third-order valence-electron chi connectivity index (χ3n) is 3.37. The minimum atomic E-state index is 0.114. The average Bonchev–Trinajstić information content (AvgIpc) is 2.39. The van der Waals surface area contributed by atoms with Gasteiger partial charge in [-0.25, -0.2) is 0 Å². The first-order valence-electron chi connectivity index (χ1n) is 6.53. The number of hydrogen-bond donors (Lipinski definition) is 1. The van der Waals surface area contributed by atoms with Crippen LogP contribution in [0.3, 0.4) is 0 Å². The normalized spacial score (nSPS) is 19.3. The van der Waals surface area contributed by atoms with Crippen molar-refractivity contribution in [3.8, 4) is 0 Å². The highest BCUT2D eigenvalue weighted by atomic mass is 35.5. The summed E-state index contributed by atoms with van der Waals surface area (Å²) >= 11 is 11.9. The molecule has 1 aromatic rings. The molecule has 0 bridgehead atoms. The van der Waals surface area contributed by atoms with E-state index in [2.05, 4.69) is 12.2 Å². The number of carbonyl (C=O) groups excluding carboxylic acids is 1. The summed E-state index contributed by atoms with van der Waals surface area (Å²) in [4.78, 5) is 14.0. The lowest BCUT2D eigenvalue weighted by molar-refractivity contribution is -0.130. The molecule has 3 nitrogen and oxygen atoms in total. The number of amides is 1. The zero-order valence-electron chi connectivity index (χ0n) is 11.0. The molecule has 1 saturated heterocycles. The lowest BCUT2D eigenvalue weighted by Gasteiger charge is -2.31. The summed E-state index contributed by atoms with van der Waals surface area (Å²) in [5, 5.41) is 4.23.